The average molecular weight is 281 g/mol. The quantitative estimate of drug-likeness (QED) is 0.773. The molecule has 1 aromatic heterocycles. The molecule has 0 atom stereocenters. The summed E-state index contributed by atoms with van der Waals surface area (Å²) < 4.78 is 0. The van der Waals surface area contributed by atoms with Gasteiger partial charge in [-0.25, -0.2) is 0 Å². The monoisotopic (exact) mass is 281 g/mol. The molecule has 0 aromatic carbocycles. The minimum absolute atomic E-state index is 0.0316. The first kappa shape index (κ1) is 15.9. The molecule has 1 heterocycles. The Bertz CT molecular complexity index is 459. The maximum atomic E-state index is 11.7. The van der Waals surface area contributed by atoms with Crippen LogP contribution in [-0.2, 0) is 4.79 Å². The lowest BCUT2D eigenvalue weighted by Gasteiger charge is -2.22. The molecule has 0 saturated heterocycles. The van der Waals surface area contributed by atoms with Crippen LogP contribution in [0.15, 0.2) is 0 Å². The normalized spacial score (nSPS) is 10.2. The van der Waals surface area contributed by atoms with Crippen molar-refractivity contribution in [2.24, 2.45) is 0 Å². The molecule has 0 radical (unpaired) electrons. The van der Waals surface area contributed by atoms with E-state index in [0.717, 1.165) is 13.1 Å². The van der Waals surface area contributed by atoms with Crippen LogP contribution in [0.3, 0.4) is 0 Å². The van der Waals surface area contributed by atoms with E-state index in [-0.39, 0.29) is 18.4 Å². The Balaban J connectivity index is 2.97. The molecule has 0 saturated carbocycles. The number of likely N-dealkylation sites (N-methyl/N-ethyl adjacent to an activating group) is 2. The first-order valence-electron chi connectivity index (χ1n) is 6.56. The number of nitrogens with two attached hydrogens (primary N) is 1. The van der Waals surface area contributed by atoms with E-state index in [1.807, 2.05) is 18.7 Å². The summed E-state index contributed by atoms with van der Waals surface area (Å²) in [4.78, 5) is 29.4. The van der Waals surface area contributed by atoms with Crippen molar-refractivity contribution in [1.29, 1.82) is 0 Å². The Morgan fingerprint density at radius 2 is 1.60 bits per heavy atom. The van der Waals surface area contributed by atoms with Gasteiger partial charge in [0.25, 0.3) is 0 Å². The highest BCUT2D eigenvalue weighted by atomic mass is 16.2. The highest BCUT2D eigenvalue weighted by Gasteiger charge is 2.15. The molecule has 8 nitrogen and oxygen atoms in total. The molecule has 1 rings (SSSR count). The molecular weight excluding hydrogens is 258 g/mol. The van der Waals surface area contributed by atoms with Crippen LogP contribution in [0.2, 0.25) is 0 Å². The van der Waals surface area contributed by atoms with Crippen molar-refractivity contribution >= 4 is 23.8 Å². The largest absolute Gasteiger partial charge is 0.368 e. The number of rotatable bonds is 6. The van der Waals surface area contributed by atoms with Crippen molar-refractivity contribution in [2.75, 3.05) is 56.3 Å². The Hall–Kier alpha value is -2.12. The second kappa shape index (κ2) is 6.88. The van der Waals surface area contributed by atoms with E-state index >= 15 is 0 Å². The minimum atomic E-state index is -0.0316. The molecule has 0 bridgehead atoms. The van der Waals surface area contributed by atoms with Gasteiger partial charge in [-0.1, -0.05) is 0 Å². The van der Waals surface area contributed by atoms with Gasteiger partial charge in [-0.3, -0.25) is 4.79 Å². The van der Waals surface area contributed by atoms with E-state index in [4.69, 9.17) is 5.73 Å². The Labute approximate surface area is 119 Å². The lowest BCUT2D eigenvalue weighted by atomic mass is 10.5. The Morgan fingerprint density at radius 3 is 2.10 bits per heavy atom. The number of carbonyl (C=O) groups is 1. The lowest BCUT2D eigenvalue weighted by molar-refractivity contribution is -0.127. The second-order valence-corrected chi connectivity index (χ2v) is 4.61. The van der Waals surface area contributed by atoms with Crippen molar-refractivity contribution in [3.05, 3.63) is 0 Å². The molecule has 0 unspecified atom stereocenters. The van der Waals surface area contributed by atoms with Gasteiger partial charge in [0.15, 0.2) is 0 Å². The van der Waals surface area contributed by atoms with E-state index < -0.39 is 0 Å². The topological polar surface area (TPSA) is 91.5 Å². The van der Waals surface area contributed by atoms with Gasteiger partial charge in [0.1, 0.15) is 0 Å². The average Bonchev–Trinajstić information content (AvgIpc) is 2.39. The van der Waals surface area contributed by atoms with Gasteiger partial charge in [-0.15, -0.1) is 0 Å². The van der Waals surface area contributed by atoms with Gasteiger partial charge in [-0.05, 0) is 13.8 Å². The summed E-state index contributed by atoms with van der Waals surface area (Å²) in [5.41, 5.74) is 5.72. The third kappa shape index (κ3) is 3.94. The molecule has 0 aliphatic carbocycles. The number of carbonyl (C=O) groups excluding carboxylic acids is 1. The Morgan fingerprint density at radius 1 is 1.05 bits per heavy atom. The summed E-state index contributed by atoms with van der Waals surface area (Å²) in [5.74, 6) is 1.05. The third-order valence-electron chi connectivity index (χ3n) is 2.89. The molecule has 1 aromatic rings. The number of anilines is 3. The SMILES string of the molecule is CCN(CC)c1nc(N)nc(N(C)CC(=O)N(C)C)n1. The van der Waals surface area contributed by atoms with Gasteiger partial charge < -0.3 is 20.4 Å². The van der Waals surface area contributed by atoms with Gasteiger partial charge in [-0.2, -0.15) is 15.0 Å². The molecular formula is C12H23N7O. The van der Waals surface area contributed by atoms with Crippen LogP contribution in [0, 0.1) is 0 Å². The number of amides is 1. The molecule has 1 amide bonds. The number of nitrogens with zero attached hydrogens (tertiary/aromatic N) is 6. The zero-order chi connectivity index (χ0) is 15.3. The van der Waals surface area contributed by atoms with Crippen molar-refractivity contribution < 1.29 is 4.79 Å². The first-order chi connectivity index (χ1) is 9.38. The van der Waals surface area contributed by atoms with E-state index in [9.17, 15) is 4.79 Å². The number of hydrogen-bond acceptors (Lipinski definition) is 7. The Kier molecular flexibility index (Phi) is 5.48. The fourth-order valence-electron chi connectivity index (χ4n) is 1.60. The smallest absolute Gasteiger partial charge is 0.241 e. The van der Waals surface area contributed by atoms with Crippen LogP contribution in [0.25, 0.3) is 0 Å². The summed E-state index contributed by atoms with van der Waals surface area (Å²) in [6, 6.07) is 0. The second-order valence-electron chi connectivity index (χ2n) is 4.61. The van der Waals surface area contributed by atoms with Crippen molar-refractivity contribution in [2.45, 2.75) is 13.8 Å². The van der Waals surface area contributed by atoms with Crippen LogP contribution >= 0.6 is 0 Å². The molecule has 0 aliphatic rings. The van der Waals surface area contributed by atoms with Gasteiger partial charge in [0.05, 0.1) is 6.54 Å². The van der Waals surface area contributed by atoms with Gasteiger partial charge in [0, 0.05) is 34.2 Å². The number of aromatic nitrogens is 3. The molecule has 2 N–H and O–H groups in total. The third-order valence-corrected chi connectivity index (χ3v) is 2.89. The molecule has 0 aliphatic heterocycles. The number of nitrogen functional groups attached to an aromatic ring is 1. The fourth-order valence-corrected chi connectivity index (χ4v) is 1.60. The molecule has 0 spiro atoms. The molecule has 0 fully saturated rings. The maximum absolute atomic E-state index is 11.7. The van der Waals surface area contributed by atoms with Crippen LogP contribution in [0.1, 0.15) is 13.8 Å². The van der Waals surface area contributed by atoms with Crippen LogP contribution < -0.4 is 15.5 Å². The minimum Gasteiger partial charge on any atom is -0.368 e. The van der Waals surface area contributed by atoms with Crippen molar-refractivity contribution in [1.82, 2.24) is 19.9 Å². The van der Waals surface area contributed by atoms with E-state index in [1.165, 1.54) is 4.90 Å². The predicted molar refractivity (Wildman–Crippen MR) is 79.8 cm³/mol. The first-order valence-corrected chi connectivity index (χ1v) is 6.56. The molecule has 20 heavy (non-hydrogen) atoms. The summed E-state index contributed by atoms with van der Waals surface area (Å²) in [6.45, 7) is 5.78. The predicted octanol–water partition coefficient (Wildman–Crippen LogP) is -0.176. The summed E-state index contributed by atoms with van der Waals surface area (Å²) in [7, 11) is 5.17. The maximum Gasteiger partial charge on any atom is 0.241 e. The molecule has 8 heteroatoms. The van der Waals surface area contributed by atoms with Crippen molar-refractivity contribution in [3.8, 4) is 0 Å². The van der Waals surface area contributed by atoms with E-state index in [0.29, 0.717) is 11.9 Å². The number of hydrogen-bond donors (Lipinski definition) is 1. The van der Waals surface area contributed by atoms with Gasteiger partial charge >= 0.3 is 0 Å². The lowest BCUT2D eigenvalue weighted by Crippen LogP contribution is -2.35. The van der Waals surface area contributed by atoms with Crippen LogP contribution in [0.5, 0.6) is 0 Å². The van der Waals surface area contributed by atoms with E-state index in [1.54, 1.807) is 26.0 Å². The molecule has 112 valence electrons. The highest BCUT2D eigenvalue weighted by Crippen LogP contribution is 2.14. The van der Waals surface area contributed by atoms with Crippen molar-refractivity contribution in [3.63, 3.8) is 0 Å². The highest BCUT2D eigenvalue weighted by molar-refractivity contribution is 5.80. The van der Waals surface area contributed by atoms with Crippen LogP contribution in [0.4, 0.5) is 17.8 Å². The standard InChI is InChI=1S/C12H23N7O/c1-6-19(7-2)12-15-10(13)14-11(16-12)18(5)8-9(20)17(3)4/h6-8H2,1-5H3,(H2,13,14,15,16). The van der Waals surface area contributed by atoms with Gasteiger partial charge in [0.2, 0.25) is 23.8 Å². The summed E-state index contributed by atoms with van der Waals surface area (Å²) in [6.07, 6.45) is 0. The van der Waals surface area contributed by atoms with E-state index in [2.05, 4.69) is 15.0 Å². The summed E-state index contributed by atoms with van der Waals surface area (Å²) in [5, 5.41) is 0. The zero-order valence-electron chi connectivity index (χ0n) is 12.8. The summed E-state index contributed by atoms with van der Waals surface area (Å²) >= 11 is 0. The fraction of sp³-hybridized carbons (Fsp3) is 0.667. The van der Waals surface area contributed by atoms with Crippen LogP contribution in [-0.4, -0.2) is 66.5 Å². The zero-order valence-corrected chi connectivity index (χ0v) is 12.8.